The van der Waals surface area contributed by atoms with Gasteiger partial charge in [0.2, 0.25) is 5.95 Å². The Bertz CT molecular complexity index is 383. The smallest absolute Gasteiger partial charge is 0.203 e. The summed E-state index contributed by atoms with van der Waals surface area (Å²) in [4.78, 5) is 4.63. The summed E-state index contributed by atoms with van der Waals surface area (Å²) in [6, 6.07) is 0.604. The van der Waals surface area contributed by atoms with E-state index in [1.165, 1.54) is 19.3 Å². The highest BCUT2D eigenvalue weighted by Gasteiger charge is 2.32. The summed E-state index contributed by atoms with van der Waals surface area (Å²) in [6.45, 7) is 10.0. The Morgan fingerprint density at radius 1 is 1.39 bits per heavy atom. The third kappa shape index (κ3) is 2.70. The maximum Gasteiger partial charge on any atom is 0.203 e. The molecule has 1 N–H and O–H groups in total. The summed E-state index contributed by atoms with van der Waals surface area (Å²) < 4.78 is 2.27. The summed E-state index contributed by atoms with van der Waals surface area (Å²) in [5.74, 6) is 2.73. The van der Waals surface area contributed by atoms with Crippen molar-refractivity contribution < 1.29 is 0 Å². The minimum atomic E-state index is 0.604. The van der Waals surface area contributed by atoms with E-state index in [-0.39, 0.29) is 0 Å². The maximum atomic E-state index is 4.63. The fraction of sp³-hybridized carbons (Fsp3) is 0.800. The Labute approximate surface area is 111 Å². The molecular formula is C15H27N3. The molecule has 0 bridgehead atoms. The van der Waals surface area contributed by atoms with Crippen LogP contribution in [0, 0.1) is 18.8 Å². The standard InChI is InChI=1S/C15H27N3/c1-5-9-18-10-11(3)16-15(18)17-14-8-7-13(6-2)12(14)4/h10,12-14H,5-9H2,1-4H3,(H,16,17). The Kier molecular flexibility index (Phi) is 4.31. The van der Waals surface area contributed by atoms with E-state index in [1.807, 2.05) is 0 Å². The van der Waals surface area contributed by atoms with Gasteiger partial charge in [0, 0.05) is 18.8 Å². The largest absolute Gasteiger partial charge is 0.353 e. The molecule has 0 amide bonds. The number of hydrogen-bond donors (Lipinski definition) is 1. The lowest BCUT2D eigenvalue weighted by atomic mass is 9.94. The van der Waals surface area contributed by atoms with Gasteiger partial charge in [-0.3, -0.25) is 0 Å². The molecule has 1 aromatic rings. The van der Waals surface area contributed by atoms with E-state index in [0.717, 1.165) is 36.4 Å². The van der Waals surface area contributed by atoms with Crippen molar-refractivity contribution in [1.29, 1.82) is 0 Å². The minimum absolute atomic E-state index is 0.604. The second-order valence-electron chi connectivity index (χ2n) is 5.75. The third-order valence-corrected chi connectivity index (χ3v) is 4.43. The first-order valence-corrected chi connectivity index (χ1v) is 7.46. The lowest BCUT2D eigenvalue weighted by Gasteiger charge is -2.22. The number of anilines is 1. The molecule has 0 radical (unpaired) electrons. The molecule has 0 aromatic carbocycles. The predicted molar refractivity (Wildman–Crippen MR) is 76.8 cm³/mol. The number of rotatable bonds is 5. The van der Waals surface area contributed by atoms with Crippen molar-refractivity contribution in [3.05, 3.63) is 11.9 Å². The van der Waals surface area contributed by atoms with Gasteiger partial charge in [-0.2, -0.15) is 0 Å². The van der Waals surface area contributed by atoms with Gasteiger partial charge in [-0.15, -0.1) is 0 Å². The summed E-state index contributed by atoms with van der Waals surface area (Å²) in [6.07, 6.45) is 7.27. The van der Waals surface area contributed by atoms with Crippen molar-refractivity contribution in [2.75, 3.05) is 5.32 Å². The maximum absolute atomic E-state index is 4.63. The molecule has 1 saturated carbocycles. The fourth-order valence-electron chi connectivity index (χ4n) is 3.27. The van der Waals surface area contributed by atoms with Gasteiger partial charge in [-0.1, -0.05) is 27.2 Å². The molecule has 18 heavy (non-hydrogen) atoms. The van der Waals surface area contributed by atoms with Crippen LogP contribution in [-0.4, -0.2) is 15.6 Å². The van der Waals surface area contributed by atoms with Crippen LogP contribution in [0.3, 0.4) is 0 Å². The van der Waals surface area contributed by atoms with E-state index in [4.69, 9.17) is 0 Å². The second-order valence-corrected chi connectivity index (χ2v) is 5.75. The van der Waals surface area contributed by atoms with E-state index in [1.54, 1.807) is 0 Å². The van der Waals surface area contributed by atoms with Crippen molar-refractivity contribution in [2.45, 2.75) is 66.0 Å². The summed E-state index contributed by atoms with van der Waals surface area (Å²) in [7, 11) is 0. The quantitative estimate of drug-likeness (QED) is 0.859. The van der Waals surface area contributed by atoms with Crippen LogP contribution >= 0.6 is 0 Å². The number of imidazole rings is 1. The second kappa shape index (κ2) is 5.77. The summed E-state index contributed by atoms with van der Waals surface area (Å²) in [5.41, 5.74) is 1.11. The van der Waals surface area contributed by atoms with Crippen LogP contribution in [-0.2, 0) is 6.54 Å². The van der Waals surface area contributed by atoms with Crippen LogP contribution in [0.15, 0.2) is 6.20 Å². The van der Waals surface area contributed by atoms with Crippen molar-refractivity contribution in [3.8, 4) is 0 Å². The number of aryl methyl sites for hydroxylation is 2. The van der Waals surface area contributed by atoms with Gasteiger partial charge in [-0.25, -0.2) is 4.98 Å². The van der Waals surface area contributed by atoms with Crippen LogP contribution in [0.1, 0.15) is 52.1 Å². The van der Waals surface area contributed by atoms with Crippen molar-refractivity contribution in [2.24, 2.45) is 11.8 Å². The lowest BCUT2D eigenvalue weighted by molar-refractivity contribution is 0.390. The molecule has 1 aliphatic rings. The highest BCUT2D eigenvalue weighted by atomic mass is 15.2. The first-order chi connectivity index (χ1) is 8.65. The number of nitrogens with zero attached hydrogens (tertiary/aromatic N) is 2. The Hall–Kier alpha value is -0.990. The Balaban J connectivity index is 2.05. The van der Waals surface area contributed by atoms with Gasteiger partial charge in [0.1, 0.15) is 0 Å². The van der Waals surface area contributed by atoms with Gasteiger partial charge in [-0.05, 0) is 38.0 Å². The van der Waals surface area contributed by atoms with E-state index in [9.17, 15) is 0 Å². The first-order valence-electron chi connectivity index (χ1n) is 7.46. The average molecular weight is 249 g/mol. The highest BCUT2D eigenvalue weighted by Crippen LogP contribution is 2.35. The Morgan fingerprint density at radius 3 is 2.78 bits per heavy atom. The monoisotopic (exact) mass is 249 g/mol. The van der Waals surface area contributed by atoms with E-state index in [0.29, 0.717) is 6.04 Å². The number of nitrogens with one attached hydrogen (secondary N) is 1. The third-order valence-electron chi connectivity index (χ3n) is 4.43. The SMILES string of the molecule is CCCn1cc(C)nc1NC1CCC(CC)C1C. The van der Waals surface area contributed by atoms with Gasteiger partial charge in [0.05, 0.1) is 5.69 Å². The molecule has 3 nitrogen and oxygen atoms in total. The molecule has 0 spiro atoms. The summed E-state index contributed by atoms with van der Waals surface area (Å²) in [5, 5.41) is 3.68. The normalized spacial score (nSPS) is 27.7. The van der Waals surface area contributed by atoms with Crippen molar-refractivity contribution >= 4 is 5.95 Å². The molecule has 1 heterocycles. The zero-order chi connectivity index (χ0) is 13.1. The minimum Gasteiger partial charge on any atom is -0.353 e. The zero-order valence-corrected chi connectivity index (χ0v) is 12.2. The Morgan fingerprint density at radius 2 is 2.17 bits per heavy atom. The molecular weight excluding hydrogens is 222 g/mol. The number of hydrogen-bond acceptors (Lipinski definition) is 2. The predicted octanol–water partition coefficient (Wildman–Crippen LogP) is 3.84. The molecule has 1 aliphatic carbocycles. The van der Waals surface area contributed by atoms with Crippen LogP contribution in [0.2, 0.25) is 0 Å². The van der Waals surface area contributed by atoms with E-state index < -0.39 is 0 Å². The molecule has 3 heteroatoms. The molecule has 3 atom stereocenters. The van der Waals surface area contributed by atoms with Crippen LogP contribution in [0.25, 0.3) is 0 Å². The lowest BCUT2D eigenvalue weighted by Crippen LogP contribution is -2.26. The molecule has 2 rings (SSSR count). The van der Waals surface area contributed by atoms with Crippen molar-refractivity contribution in [1.82, 2.24) is 9.55 Å². The average Bonchev–Trinajstić information content (AvgIpc) is 2.85. The van der Waals surface area contributed by atoms with E-state index >= 15 is 0 Å². The molecule has 102 valence electrons. The molecule has 0 aliphatic heterocycles. The highest BCUT2D eigenvalue weighted by molar-refractivity contribution is 5.31. The fourth-order valence-corrected chi connectivity index (χ4v) is 3.27. The van der Waals surface area contributed by atoms with Crippen molar-refractivity contribution in [3.63, 3.8) is 0 Å². The first kappa shape index (κ1) is 13.4. The van der Waals surface area contributed by atoms with Gasteiger partial charge < -0.3 is 9.88 Å². The molecule has 1 aromatic heterocycles. The number of aromatic nitrogens is 2. The van der Waals surface area contributed by atoms with Gasteiger partial charge in [0.15, 0.2) is 0 Å². The molecule has 0 saturated heterocycles. The zero-order valence-electron chi connectivity index (χ0n) is 12.2. The van der Waals surface area contributed by atoms with Crippen LogP contribution < -0.4 is 5.32 Å². The molecule has 1 fully saturated rings. The summed E-state index contributed by atoms with van der Waals surface area (Å²) >= 11 is 0. The van der Waals surface area contributed by atoms with Crippen LogP contribution in [0.5, 0.6) is 0 Å². The van der Waals surface area contributed by atoms with E-state index in [2.05, 4.69) is 48.8 Å². The topological polar surface area (TPSA) is 29.9 Å². The van der Waals surface area contributed by atoms with Gasteiger partial charge >= 0.3 is 0 Å². The molecule has 3 unspecified atom stereocenters. The van der Waals surface area contributed by atoms with Gasteiger partial charge in [0.25, 0.3) is 0 Å². The van der Waals surface area contributed by atoms with Crippen LogP contribution in [0.4, 0.5) is 5.95 Å².